The van der Waals surface area contributed by atoms with Crippen LogP contribution in [0.3, 0.4) is 0 Å². The topological polar surface area (TPSA) is 24.9 Å². The Morgan fingerprint density at radius 1 is 1.15 bits per heavy atom. The van der Waals surface area contributed by atoms with Crippen LogP contribution in [-0.2, 0) is 6.42 Å². The maximum Gasteiger partial charge on any atom is 0.0444 e. The lowest BCUT2D eigenvalue weighted by atomic mass is 9.99. The highest BCUT2D eigenvalue weighted by Crippen LogP contribution is 2.38. The average Bonchev–Trinajstić information content (AvgIpc) is 2.67. The third-order valence-electron chi connectivity index (χ3n) is 3.94. The zero-order valence-electron chi connectivity index (χ0n) is 11.8. The molecule has 2 atom stereocenters. The van der Waals surface area contributed by atoms with Gasteiger partial charge in [-0.05, 0) is 49.6 Å². The molecule has 1 aromatic heterocycles. The minimum atomic E-state index is 0.423. The minimum Gasteiger partial charge on any atom is -0.312 e. The second-order valence-electron chi connectivity index (χ2n) is 5.20. The van der Waals surface area contributed by atoms with Gasteiger partial charge in [0, 0.05) is 28.6 Å². The summed E-state index contributed by atoms with van der Waals surface area (Å²) in [5, 5.41) is 4.11. The fourth-order valence-electron chi connectivity index (χ4n) is 2.99. The number of benzene rings is 1. The van der Waals surface area contributed by atoms with Crippen molar-refractivity contribution in [2.75, 3.05) is 7.05 Å². The minimum absolute atomic E-state index is 0.423. The summed E-state index contributed by atoms with van der Waals surface area (Å²) in [6.45, 7) is 0. The van der Waals surface area contributed by atoms with Crippen molar-refractivity contribution in [1.82, 2.24) is 10.3 Å². The summed E-state index contributed by atoms with van der Waals surface area (Å²) in [7, 11) is 2.08. The highest BCUT2D eigenvalue weighted by Gasteiger charge is 2.27. The molecule has 1 heterocycles. The van der Waals surface area contributed by atoms with E-state index < -0.39 is 0 Å². The van der Waals surface area contributed by atoms with Gasteiger partial charge in [-0.3, -0.25) is 4.98 Å². The standard InChI is InChI=1S/C17H20N2S/c1-18-17-15-7-3-2-5-13(15)6-4-8-16(17)20-14-9-11-19-12-10-14/h2-3,5,7,9-12,16-18H,4,6,8H2,1H3. The quantitative estimate of drug-likeness (QED) is 0.867. The van der Waals surface area contributed by atoms with E-state index in [-0.39, 0.29) is 0 Å². The molecule has 2 nitrogen and oxygen atoms in total. The van der Waals surface area contributed by atoms with Crippen molar-refractivity contribution < 1.29 is 0 Å². The molecule has 1 aromatic carbocycles. The Hall–Kier alpha value is -1.32. The molecule has 2 aromatic rings. The van der Waals surface area contributed by atoms with Gasteiger partial charge in [0.25, 0.3) is 0 Å². The molecule has 0 saturated heterocycles. The lowest BCUT2D eigenvalue weighted by Crippen LogP contribution is -2.26. The smallest absolute Gasteiger partial charge is 0.0444 e. The maximum atomic E-state index is 4.10. The van der Waals surface area contributed by atoms with E-state index in [9.17, 15) is 0 Å². The molecule has 104 valence electrons. The number of nitrogens with zero attached hydrogens (tertiary/aromatic N) is 1. The Balaban J connectivity index is 1.88. The predicted molar refractivity (Wildman–Crippen MR) is 85.1 cm³/mol. The van der Waals surface area contributed by atoms with Crippen LogP contribution in [0.15, 0.2) is 53.7 Å². The Kier molecular flexibility index (Phi) is 4.38. The van der Waals surface area contributed by atoms with Crippen LogP contribution in [0.1, 0.15) is 30.0 Å². The zero-order valence-corrected chi connectivity index (χ0v) is 12.6. The molecule has 1 aliphatic rings. The van der Waals surface area contributed by atoms with Gasteiger partial charge in [0.05, 0.1) is 0 Å². The molecular weight excluding hydrogens is 264 g/mol. The molecule has 0 fully saturated rings. The van der Waals surface area contributed by atoms with Gasteiger partial charge in [-0.25, -0.2) is 0 Å². The number of pyridine rings is 1. The molecular formula is C17H20N2S. The molecule has 20 heavy (non-hydrogen) atoms. The van der Waals surface area contributed by atoms with E-state index in [1.54, 1.807) is 0 Å². The van der Waals surface area contributed by atoms with Crippen LogP contribution in [-0.4, -0.2) is 17.3 Å². The number of aromatic nitrogens is 1. The summed E-state index contributed by atoms with van der Waals surface area (Å²) in [5.41, 5.74) is 2.98. The molecule has 0 radical (unpaired) electrons. The Labute approximate surface area is 125 Å². The van der Waals surface area contributed by atoms with Gasteiger partial charge < -0.3 is 5.32 Å². The lowest BCUT2D eigenvalue weighted by molar-refractivity contribution is 0.548. The van der Waals surface area contributed by atoms with Crippen molar-refractivity contribution in [2.45, 2.75) is 35.4 Å². The van der Waals surface area contributed by atoms with Crippen LogP contribution in [0.25, 0.3) is 0 Å². The molecule has 0 bridgehead atoms. The molecule has 1 aliphatic carbocycles. The molecule has 2 unspecified atom stereocenters. The van der Waals surface area contributed by atoms with Gasteiger partial charge in [-0.15, -0.1) is 11.8 Å². The van der Waals surface area contributed by atoms with Crippen LogP contribution in [0.4, 0.5) is 0 Å². The zero-order chi connectivity index (χ0) is 13.8. The summed E-state index contributed by atoms with van der Waals surface area (Å²) in [4.78, 5) is 5.41. The number of nitrogens with one attached hydrogen (secondary N) is 1. The number of hydrogen-bond acceptors (Lipinski definition) is 3. The Morgan fingerprint density at radius 3 is 2.75 bits per heavy atom. The van der Waals surface area contributed by atoms with Crippen molar-refractivity contribution in [3.8, 4) is 0 Å². The van der Waals surface area contributed by atoms with E-state index in [2.05, 4.69) is 53.7 Å². The van der Waals surface area contributed by atoms with Crippen molar-refractivity contribution in [3.63, 3.8) is 0 Å². The molecule has 3 rings (SSSR count). The van der Waals surface area contributed by atoms with E-state index in [0.717, 1.165) is 0 Å². The first kappa shape index (κ1) is 13.7. The first-order chi connectivity index (χ1) is 9.88. The summed E-state index contributed by atoms with van der Waals surface area (Å²) < 4.78 is 0. The normalized spacial score (nSPS) is 22.1. The molecule has 3 heteroatoms. The molecule has 1 N–H and O–H groups in total. The van der Waals surface area contributed by atoms with Crippen molar-refractivity contribution >= 4 is 11.8 Å². The lowest BCUT2D eigenvalue weighted by Gasteiger charge is -2.26. The van der Waals surface area contributed by atoms with Crippen molar-refractivity contribution in [3.05, 3.63) is 59.9 Å². The Morgan fingerprint density at radius 2 is 1.95 bits per heavy atom. The van der Waals surface area contributed by atoms with Gasteiger partial charge >= 0.3 is 0 Å². The first-order valence-corrected chi connectivity index (χ1v) is 8.08. The molecule has 0 amide bonds. The van der Waals surface area contributed by atoms with E-state index in [1.165, 1.54) is 35.3 Å². The second kappa shape index (κ2) is 6.42. The third kappa shape index (κ3) is 2.89. The number of hydrogen-bond donors (Lipinski definition) is 1. The van der Waals surface area contributed by atoms with Crippen molar-refractivity contribution in [1.29, 1.82) is 0 Å². The molecule has 0 saturated carbocycles. The summed E-state index contributed by atoms with van der Waals surface area (Å²) in [6.07, 6.45) is 7.45. The largest absolute Gasteiger partial charge is 0.312 e. The second-order valence-corrected chi connectivity index (χ2v) is 6.51. The monoisotopic (exact) mass is 284 g/mol. The van der Waals surface area contributed by atoms with Crippen LogP contribution < -0.4 is 5.32 Å². The highest BCUT2D eigenvalue weighted by atomic mass is 32.2. The van der Waals surface area contributed by atoms with Crippen LogP contribution in [0.5, 0.6) is 0 Å². The van der Waals surface area contributed by atoms with E-state index in [0.29, 0.717) is 11.3 Å². The van der Waals surface area contributed by atoms with E-state index in [1.807, 2.05) is 24.2 Å². The van der Waals surface area contributed by atoms with Gasteiger partial charge in [0.1, 0.15) is 0 Å². The molecule has 0 spiro atoms. The third-order valence-corrected chi connectivity index (χ3v) is 5.30. The SMILES string of the molecule is CNC1c2ccccc2CCCC1Sc1ccncc1. The first-order valence-electron chi connectivity index (χ1n) is 7.20. The number of rotatable bonds is 3. The van der Waals surface area contributed by atoms with E-state index in [4.69, 9.17) is 0 Å². The summed E-state index contributed by atoms with van der Waals surface area (Å²) >= 11 is 1.97. The summed E-state index contributed by atoms with van der Waals surface area (Å²) in [6, 6.07) is 13.5. The van der Waals surface area contributed by atoms with Gasteiger partial charge in [0.15, 0.2) is 0 Å². The number of aryl methyl sites for hydroxylation is 1. The highest BCUT2D eigenvalue weighted by molar-refractivity contribution is 8.00. The molecule has 0 aliphatic heterocycles. The average molecular weight is 284 g/mol. The van der Waals surface area contributed by atoms with Crippen LogP contribution >= 0.6 is 11.8 Å². The maximum absolute atomic E-state index is 4.10. The van der Waals surface area contributed by atoms with Crippen LogP contribution in [0.2, 0.25) is 0 Å². The van der Waals surface area contributed by atoms with Gasteiger partial charge in [-0.2, -0.15) is 0 Å². The van der Waals surface area contributed by atoms with Crippen molar-refractivity contribution in [2.24, 2.45) is 0 Å². The number of thioether (sulfide) groups is 1. The summed E-state index contributed by atoms with van der Waals surface area (Å²) in [5.74, 6) is 0. The fraction of sp³-hybridized carbons (Fsp3) is 0.353. The van der Waals surface area contributed by atoms with E-state index >= 15 is 0 Å². The Bertz CT molecular complexity index is 556. The van der Waals surface area contributed by atoms with Crippen LogP contribution in [0, 0.1) is 0 Å². The predicted octanol–water partition coefficient (Wildman–Crippen LogP) is 3.84. The van der Waals surface area contributed by atoms with Gasteiger partial charge in [0.2, 0.25) is 0 Å². The van der Waals surface area contributed by atoms with Gasteiger partial charge in [-0.1, -0.05) is 24.3 Å². The fourth-order valence-corrected chi connectivity index (χ4v) is 4.32. The number of fused-ring (bicyclic) bond motifs is 1.